The van der Waals surface area contributed by atoms with Crippen LogP contribution in [0.2, 0.25) is 0 Å². The number of benzene rings is 5. The minimum atomic E-state index is -0.515. The molecule has 2 N–H and O–H groups in total. The van der Waals surface area contributed by atoms with Gasteiger partial charge in [0.15, 0.2) is 17.3 Å². The van der Waals surface area contributed by atoms with Crippen LogP contribution >= 0.6 is 0 Å². The predicted octanol–water partition coefficient (Wildman–Crippen LogP) is 7.17. The van der Waals surface area contributed by atoms with E-state index in [0.717, 1.165) is 16.3 Å². The number of amides is 2. The molecule has 8 nitrogen and oxygen atoms in total. The summed E-state index contributed by atoms with van der Waals surface area (Å²) in [4.78, 5) is 39.5. The topological polar surface area (TPSA) is 103 Å². The van der Waals surface area contributed by atoms with Crippen LogP contribution in [-0.2, 0) is 4.79 Å². The van der Waals surface area contributed by atoms with E-state index in [-0.39, 0.29) is 11.5 Å². The van der Waals surface area contributed by atoms with Gasteiger partial charge in [-0.05, 0) is 82.6 Å². The first-order valence-electron chi connectivity index (χ1n) is 14.4. The van der Waals surface area contributed by atoms with Gasteiger partial charge in [0.05, 0.1) is 21.3 Å². The van der Waals surface area contributed by atoms with Crippen molar-refractivity contribution in [1.29, 1.82) is 0 Å². The largest absolute Gasteiger partial charge is 0.493 e. The number of ether oxygens (including phenoxy) is 3. The molecule has 0 fully saturated rings. The average molecular weight is 613 g/mol. The molecule has 230 valence electrons. The highest BCUT2D eigenvalue weighted by atomic mass is 16.5. The summed E-state index contributed by atoms with van der Waals surface area (Å²) >= 11 is 0. The first-order chi connectivity index (χ1) is 22.4. The van der Waals surface area contributed by atoms with Crippen LogP contribution in [0.5, 0.6) is 17.2 Å². The molecule has 5 aromatic rings. The summed E-state index contributed by atoms with van der Waals surface area (Å²) in [7, 11) is 4.57. The highest BCUT2D eigenvalue weighted by Crippen LogP contribution is 2.38. The third-order valence-electron chi connectivity index (χ3n) is 7.19. The van der Waals surface area contributed by atoms with Gasteiger partial charge in [0.25, 0.3) is 11.8 Å². The number of rotatable bonds is 11. The third-order valence-corrected chi connectivity index (χ3v) is 7.19. The van der Waals surface area contributed by atoms with E-state index in [2.05, 4.69) is 10.6 Å². The molecule has 0 bridgehead atoms. The molecule has 0 radical (unpaired) electrons. The Hall–Kier alpha value is -6.15. The third kappa shape index (κ3) is 7.31. The minimum Gasteiger partial charge on any atom is -0.493 e. The van der Waals surface area contributed by atoms with Crippen LogP contribution in [0.3, 0.4) is 0 Å². The zero-order valence-electron chi connectivity index (χ0n) is 25.6. The number of anilines is 1. The molecule has 8 heteroatoms. The number of carbonyl (C=O) groups excluding carboxylic acids is 3. The zero-order valence-corrected chi connectivity index (χ0v) is 25.6. The fourth-order valence-corrected chi connectivity index (χ4v) is 4.86. The molecule has 0 aliphatic rings. The van der Waals surface area contributed by atoms with Gasteiger partial charge in [0.1, 0.15) is 5.70 Å². The Morgan fingerprint density at radius 3 is 2.00 bits per heavy atom. The summed E-state index contributed by atoms with van der Waals surface area (Å²) < 4.78 is 16.1. The lowest BCUT2D eigenvalue weighted by Crippen LogP contribution is -2.30. The predicted molar refractivity (Wildman–Crippen MR) is 180 cm³/mol. The van der Waals surface area contributed by atoms with Gasteiger partial charge in [-0.2, -0.15) is 0 Å². The summed E-state index contributed by atoms with van der Waals surface area (Å²) in [6.07, 6.45) is 4.76. The molecule has 0 aromatic heterocycles. The quantitative estimate of drug-likeness (QED) is 0.121. The highest BCUT2D eigenvalue weighted by molar-refractivity contribution is 6.12. The van der Waals surface area contributed by atoms with Crippen molar-refractivity contribution >= 4 is 46.2 Å². The second-order valence-corrected chi connectivity index (χ2v) is 10.1. The van der Waals surface area contributed by atoms with Crippen molar-refractivity contribution in [2.75, 3.05) is 26.6 Å². The number of hydrogen-bond donors (Lipinski definition) is 2. The Morgan fingerprint density at radius 2 is 1.33 bits per heavy atom. The Kier molecular flexibility index (Phi) is 9.89. The van der Waals surface area contributed by atoms with Gasteiger partial charge in [-0.1, -0.05) is 66.7 Å². The number of nitrogens with one attached hydrogen (secondary N) is 2. The van der Waals surface area contributed by atoms with Crippen molar-refractivity contribution in [1.82, 2.24) is 5.32 Å². The fraction of sp³-hybridized carbons (Fsp3) is 0.0789. The molecule has 0 aliphatic carbocycles. The highest BCUT2D eigenvalue weighted by Gasteiger charge is 2.16. The van der Waals surface area contributed by atoms with Crippen molar-refractivity contribution < 1.29 is 28.6 Å². The Morgan fingerprint density at radius 1 is 0.674 bits per heavy atom. The number of carbonyl (C=O) groups is 3. The monoisotopic (exact) mass is 612 g/mol. The van der Waals surface area contributed by atoms with Gasteiger partial charge in [-0.3, -0.25) is 14.4 Å². The molecule has 0 atom stereocenters. The molecule has 0 saturated heterocycles. The standard InChI is InChI=1S/C38H32N2O6/c1-44-34-22-25(23-35(45-2)36(34)46-3)16-21-33(41)27-17-19-30(20-18-27)39-38(43)32(40-37(42)28-11-5-4-6-12-28)24-29-14-9-13-26-10-7-8-15-31(26)29/h4-24H,1-3H3,(H,39,43)(H,40,42)/b21-16+,32-24-. The normalized spacial score (nSPS) is 11.2. The maximum atomic E-state index is 13.5. The number of hydrogen-bond acceptors (Lipinski definition) is 6. The van der Waals surface area contributed by atoms with E-state index in [1.54, 1.807) is 72.8 Å². The second-order valence-electron chi connectivity index (χ2n) is 10.1. The van der Waals surface area contributed by atoms with E-state index in [1.807, 2.05) is 48.5 Å². The minimum absolute atomic E-state index is 0.0682. The van der Waals surface area contributed by atoms with Crippen LogP contribution < -0.4 is 24.8 Å². The van der Waals surface area contributed by atoms with Crippen LogP contribution in [0.25, 0.3) is 22.9 Å². The van der Waals surface area contributed by atoms with Crippen LogP contribution in [0.15, 0.2) is 121 Å². The fourth-order valence-electron chi connectivity index (χ4n) is 4.86. The second kappa shape index (κ2) is 14.5. The molecule has 2 amide bonds. The van der Waals surface area contributed by atoms with Crippen molar-refractivity contribution in [3.05, 3.63) is 143 Å². The van der Waals surface area contributed by atoms with Gasteiger partial charge < -0.3 is 24.8 Å². The van der Waals surface area contributed by atoms with E-state index in [0.29, 0.717) is 39.6 Å². The summed E-state index contributed by atoms with van der Waals surface area (Å²) in [5.74, 6) is 0.241. The van der Waals surface area contributed by atoms with E-state index >= 15 is 0 Å². The first-order valence-corrected chi connectivity index (χ1v) is 14.4. The Bertz CT molecular complexity index is 1920. The molecule has 0 aliphatic heterocycles. The van der Waals surface area contributed by atoms with E-state index < -0.39 is 11.8 Å². The first kappa shape index (κ1) is 31.3. The van der Waals surface area contributed by atoms with Crippen LogP contribution in [0, 0.1) is 0 Å². The molecule has 0 spiro atoms. The molecule has 0 heterocycles. The number of ketones is 1. The summed E-state index contributed by atoms with van der Waals surface area (Å²) in [5, 5.41) is 7.55. The summed E-state index contributed by atoms with van der Waals surface area (Å²) in [5.41, 5.74) is 2.82. The van der Waals surface area contributed by atoms with Gasteiger partial charge >= 0.3 is 0 Å². The maximum absolute atomic E-state index is 13.5. The molecule has 5 rings (SSSR count). The number of methoxy groups -OCH3 is 3. The smallest absolute Gasteiger partial charge is 0.272 e. The Balaban J connectivity index is 1.35. The van der Waals surface area contributed by atoms with Crippen molar-refractivity contribution in [2.24, 2.45) is 0 Å². The lowest BCUT2D eigenvalue weighted by molar-refractivity contribution is -0.113. The van der Waals surface area contributed by atoms with Crippen LogP contribution in [0.1, 0.15) is 31.8 Å². The summed E-state index contributed by atoms with van der Waals surface area (Å²) in [6, 6.07) is 32.2. The molecular weight excluding hydrogens is 580 g/mol. The van der Waals surface area contributed by atoms with Crippen molar-refractivity contribution in [3.8, 4) is 17.2 Å². The van der Waals surface area contributed by atoms with E-state index in [4.69, 9.17) is 14.2 Å². The maximum Gasteiger partial charge on any atom is 0.272 e. The lowest BCUT2D eigenvalue weighted by Gasteiger charge is -2.13. The molecular formula is C38H32N2O6. The van der Waals surface area contributed by atoms with Crippen molar-refractivity contribution in [2.45, 2.75) is 0 Å². The van der Waals surface area contributed by atoms with Gasteiger partial charge in [0, 0.05) is 16.8 Å². The van der Waals surface area contributed by atoms with Gasteiger partial charge in [-0.25, -0.2) is 0 Å². The van der Waals surface area contributed by atoms with Gasteiger partial charge in [-0.15, -0.1) is 0 Å². The SMILES string of the molecule is COc1cc(/C=C/C(=O)c2ccc(NC(=O)/C(=C/c3cccc4ccccc34)NC(=O)c3ccccc3)cc2)cc(OC)c1OC. The zero-order chi connectivity index (χ0) is 32.5. The average Bonchev–Trinajstić information content (AvgIpc) is 3.10. The Labute approximate surface area is 266 Å². The summed E-state index contributed by atoms with van der Waals surface area (Å²) in [6.45, 7) is 0. The number of allylic oxidation sites excluding steroid dienone is 1. The van der Waals surface area contributed by atoms with Crippen LogP contribution in [-0.4, -0.2) is 38.9 Å². The molecule has 0 unspecified atom stereocenters. The molecule has 0 saturated carbocycles. The van der Waals surface area contributed by atoms with Gasteiger partial charge in [0.2, 0.25) is 5.75 Å². The van der Waals surface area contributed by atoms with Crippen molar-refractivity contribution in [3.63, 3.8) is 0 Å². The van der Waals surface area contributed by atoms with Crippen LogP contribution in [0.4, 0.5) is 5.69 Å². The number of fused-ring (bicyclic) bond motifs is 1. The van der Waals surface area contributed by atoms with E-state index in [9.17, 15) is 14.4 Å². The van der Waals surface area contributed by atoms with E-state index in [1.165, 1.54) is 27.4 Å². The molecule has 46 heavy (non-hydrogen) atoms. The molecule has 5 aromatic carbocycles. The lowest BCUT2D eigenvalue weighted by atomic mass is 10.0.